The highest BCUT2D eigenvalue weighted by Crippen LogP contribution is 2.25. The van der Waals surface area contributed by atoms with E-state index >= 15 is 0 Å². The highest BCUT2D eigenvalue weighted by Gasteiger charge is 2.31. The summed E-state index contributed by atoms with van der Waals surface area (Å²) in [5.74, 6) is -0.802. The second kappa shape index (κ2) is 8.71. The third-order valence-corrected chi connectivity index (χ3v) is 5.63. The molecule has 7 heteroatoms. The molecule has 0 radical (unpaired) electrons. The first-order valence-corrected chi connectivity index (χ1v) is 10.6. The minimum Gasteiger partial charge on any atom is -0.444 e. The second-order valence-corrected chi connectivity index (χ2v) is 7.68. The van der Waals surface area contributed by atoms with Gasteiger partial charge in [-0.1, -0.05) is 30.3 Å². The maximum atomic E-state index is 13.1. The lowest BCUT2D eigenvalue weighted by molar-refractivity contribution is -0.140. The van der Waals surface area contributed by atoms with Crippen LogP contribution < -0.4 is 5.56 Å². The zero-order chi connectivity index (χ0) is 22.0. The Hall–Kier alpha value is -3.48. The number of benzene rings is 2. The van der Waals surface area contributed by atoms with Crippen LogP contribution in [0.3, 0.4) is 0 Å². The van der Waals surface area contributed by atoms with Gasteiger partial charge >= 0.3 is 5.97 Å². The van der Waals surface area contributed by atoms with E-state index in [1.807, 2.05) is 25.1 Å². The van der Waals surface area contributed by atoms with Crippen molar-refractivity contribution in [3.63, 3.8) is 0 Å². The topological polar surface area (TPSA) is 81.5 Å². The van der Waals surface area contributed by atoms with Crippen LogP contribution >= 0.6 is 0 Å². The van der Waals surface area contributed by atoms with E-state index < -0.39 is 12.1 Å². The van der Waals surface area contributed by atoms with Crippen molar-refractivity contribution in [2.24, 2.45) is 0 Å². The van der Waals surface area contributed by atoms with Gasteiger partial charge in [-0.05, 0) is 44.9 Å². The first kappa shape index (κ1) is 20.8. The average molecular weight is 419 g/mol. The van der Waals surface area contributed by atoms with Gasteiger partial charge in [-0.2, -0.15) is 0 Å². The Balaban J connectivity index is 1.67. The lowest BCUT2D eigenvalue weighted by atomic mass is 10.1. The van der Waals surface area contributed by atoms with Crippen LogP contribution in [0, 0.1) is 6.92 Å². The molecule has 1 saturated heterocycles. The molecular weight excluding hydrogens is 394 g/mol. The van der Waals surface area contributed by atoms with E-state index in [2.05, 4.69) is 4.98 Å². The van der Waals surface area contributed by atoms with Crippen LogP contribution in [0.15, 0.2) is 53.3 Å². The van der Waals surface area contributed by atoms with Crippen LogP contribution in [0.4, 0.5) is 0 Å². The monoisotopic (exact) mass is 419 g/mol. The van der Waals surface area contributed by atoms with E-state index in [1.165, 1.54) is 0 Å². The maximum absolute atomic E-state index is 13.1. The third-order valence-electron chi connectivity index (χ3n) is 5.63. The predicted molar refractivity (Wildman–Crippen MR) is 117 cm³/mol. The van der Waals surface area contributed by atoms with Gasteiger partial charge in [0.05, 0.1) is 16.6 Å². The second-order valence-electron chi connectivity index (χ2n) is 7.68. The summed E-state index contributed by atoms with van der Waals surface area (Å²) in [6.45, 7) is 5.39. The number of aromatic nitrogens is 2. The molecule has 1 atom stereocenters. The quantitative estimate of drug-likeness (QED) is 0.593. The van der Waals surface area contributed by atoms with E-state index in [-0.39, 0.29) is 17.0 Å². The molecule has 2 aromatic carbocycles. The zero-order valence-corrected chi connectivity index (χ0v) is 17.7. The van der Waals surface area contributed by atoms with Crippen molar-refractivity contribution >= 4 is 22.9 Å². The molecular formula is C24H25N3O4. The van der Waals surface area contributed by atoms with Crippen molar-refractivity contribution in [1.82, 2.24) is 14.5 Å². The summed E-state index contributed by atoms with van der Waals surface area (Å²) in [6.07, 6.45) is 0.910. The summed E-state index contributed by atoms with van der Waals surface area (Å²) in [7, 11) is 0. The fourth-order valence-corrected chi connectivity index (χ4v) is 3.98. The van der Waals surface area contributed by atoms with Gasteiger partial charge in [0.15, 0.2) is 0 Å². The molecule has 1 amide bonds. The van der Waals surface area contributed by atoms with Gasteiger partial charge in [0, 0.05) is 25.2 Å². The Labute approximate surface area is 180 Å². The van der Waals surface area contributed by atoms with Crippen LogP contribution in [0.25, 0.3) is 11.0 Å². The van der Waals surface area contributed by atoms with Gasteiger partial charge in [-0.3, -0.25) is 9.59 Å². The molecule has 0 bridgehead atoms. The molecule has 0 unspecified atom stereocenters. The van der Waals surface area contributed by atoms with Crippen molar-refractivity contribution in [2.45, 2.75) is 39.3 Å². The molecule has 0 N–H and O–H groups in total. The maximum Gasteiger partial charge on any atom is 0.339 e. The Morgan fingerprint density at radius 3 is 2.48 bits per heavy atom. The van der Waals surface area contributed by atoms with Crippen LogP contribution in [-0.4, -0.2) is 39.4 Å². The number of esters is 1. The Morgan fingerprint density at radius 2 is 1.81 bits per heavy atom. The van der Waals surface area contributed by atoms with Crippen molar-refractivity contribution in [3.8, 4) is 0 Å². The molecule has 4 rings (SSSR count). The summed E-state index contributed by atoms with van der Waals surface area (Å²) in [4.78, 5) is 44.5. The minimum atomic E-state index is -0.998. The minimum absolute atomic E-state index is 0.148. The molecule has 0 spiro atoms. The molecule has 1 aliphatic rings. The van der Waals surface area contributed by atoms with Crippen molar-refractivity contribution in [1.29, 1.82) is 0 Å². The van der Waals surface area contributed by atoms with Gasteiger partial charge in [-0.25, -0.2) is 9.78 Å². The van der Waals surface area contributed by atoms with Gasteiger partial charge in [-0.15, -0.1) is 0 Å². The number of carbonyl (C=O) groups is 2. The SMILES string of the molecule is CCn1c(=O)c(C)nc2cc(C(=O)O[C@H](C(=O)N3CCCC3)c3ccccc3)ccc21. The molecule has 1 fully saturated rings. The molecule has 0 saturated carbocycles. The molecule has 31 heavy (non-hydrogen) atoms. The number of rotatable bonds is 5. The van der Waals surface area contributed by atoms with E-state index in [0.717, 1.165) is 12.8 Å². The van der Waals surface area contributed by atoms with E-state index in [0.29, 0.717) is 41.9 Å². The van der Waals surface area contributed by atoms with Crippen molar-refractivity contribution < 1.29 is 14.3 Å². The number of fused-ring (bicyclic) bond motifs is 1. The van der Waals surface area contributed by atoms with E-state index in [1.54, 1.807) is 46.7 Å². The van der Waals surface area contributed by atoms with Gasteiger partial charge in [0.1, 0.15) is 5.69 Å². The standard InChI is InChI=1S/C24H25N3O4/c1-3-27-20-12-11-18(15-19(20)25-16(2)22(27)28)24(30)31-21(17-9-5-4-6-10-17)23(29)26-13-7-8-14-26/h4-6,9-12,15,21H,3,7-8,13-14H2,1-2H3/t21-/m0/s1. The number of amides is 1. The summed E-state index contributed by atoms with van der Waals surface area (Å²) in [5, 5.41) is 0. The highest BCUT2D eigenvalue weighted by atomic mass is 16.5. The lowest BCUT2D eigenvalue weighted by Crippen LogP contribution is -2.34. The zero-order valence-electron chi connectivity index (χ0n) is 17.7. The van der Waals surface area contributed by atoms with Gasteiger partial charge in [0.25, 0.3) is 11.5 Å². The Bertz CT molecular complexity index is 1180. The normalized spacial score (nSPS) is 14.6. The van der Waals surface area contributed by atoms with Crippen LogP contribution in [0.2, 0.25) is 0 Å². The fourth-order valence-electron chi connectivity index (χ4n) is 3.98. The van der Waals surface area contributed by atoms with Crippen molar-refractivity contribution in [3.05, 3.63) is 75.7 Å². The molecule has 2 heterocycles. The third kappa shape index (κ3) is 4.08. The van der Waals surface area contributed by atoms with E-state index in [9.17, 15) is 14.4 Å². The lowest BCUT2D eigenvalue weighted by Gasteiger charge is -2.23. The fraction of sp³-hybridized carbons (Fsp3) is 0.333. The first-order valence-electron chi connectivity index (χ1n) is 10.6. The molecule has 160 valence electrons. The smallest absolute Gasteiger partial charge is 0.339 e. The van der Waals surface area contributed by atoms with Gasteiger partial charge in [0.2, 0.25) is 6.10 Å². The van der Waals surface area contributed by atoms with Crippen molar-refractivity contribution in [2.75, 3.05) is 13.1 Å². The number of hydrogen-bond donors (Lipinski definition) is 0. The average Bonchev–Trinajstić information content (AvgIpc) is 3.33. The summed E-state index contributed by atoms with van der Waals surface area (Å²) < 4.78 is 7.35. The number of likely N-dealkylation sites (tertiary alicyclic amines) is 1. The number of nitrogens with zero attached hydrogens (tertiary/aromatic N) is 3. The molecule has 0 aliphatic carbocycles. The Morgan fingerprint density at radius 1 is 1.10 bits per heavy atom. The summed E-state index contributed by atoms with van der Waals surface area (Å²) in [6, 6.07) is 14.0. The molecule has 3 aromatic rings. The number of aryl methyl sites for hydroxylation is 2. The number of ether oxygens (including phenoxy) is 1. The van der Waals surface area contributed by atoms with Crippen LogP contribution in [0.5, 0.6) is 0 Å². The van der Waals surface area contributed by atoms with E-state index in [4.69, 9.17) is 4.74 Å². The Kier molecular flexibility index (Phi) is 5.84. The largest absolute Gasteiger partial charge is 0.444 e. The van der Waals surface area contributed by atoms with Crippen LogP contribution in [0.1, 0.15) is 47.5 Å². The first-order chi connectivity index (χ1) is 15.0. The number of carbonyl (C=O) groups excluding carboxylic acids is 2. The predicted octanol–water partition coefficient (Wildman–Crippen LogP) is 3.25. The summed E-state index contributed by atoms with van der Waals surface area (Å²) in [5.41, 5.74) is 2.34. The molecule has 1 aliphatic heterocycles. The summed E-state index contributed by atoms with van der Waals surface area (Å²) >= 11 is 0. The molecule has 7 nitrogen and oxygen atoms in total. The number of hydrogen-bond acceptors (Lipinski definition) is 5. The van der Waals surface area contributed by atoms with Gasteiger partial charge < -0.3 is 14.2 Å². The van der Waals surface area contributed by atoms with Crippen LogP contribution in [-0.2, 0) is 16.1 Å². The highest BCUT2D eigenvalue weighted by molar-refractivity contribution is 5.95. The molecule has 1 aromatic heterocycles.